The first kappa shape index (κ1) is 14.1. The second-order valence-electron chi connectivity index (χ2n) is 4.70. The molecular formula is C13H17N4OPS. The van der Waals surface area contributed by atoms with Gasteiger partial charge in [-0.05, 0) is 38.7 Å². The van der Waals surface area contributed by atoms with E-state index in [9.17, 15) is 5.26 Å². The summed E-state index contributed by atoms with van der Waals surface area (Å²) in [5, 5.41) is 18.4. The van der Waals surface area contributed by atoms with Gasteiger partial charge < -0.3 is 4.52 Å². The lowest BCUT2D eigenvalue weighted by atomic mass is 9.97. The van der Waals surface area contributed by atoms with Crippen LogP contribution >= 0.6 is 20.1 Å². The second-order valence-corrected chi connectivity index (χ2v) is 8.16. The molecule has 5 nitrogen and oxygen atoms in total. The molecule has 0 aromatic heterocycles. The lowest BCUT2D eigenvalue weighted by molar-refractivity contribution is 0.333. The molecule has 1 spiro atoms. The van der Waals surface area contributed by atoms with Crippen LogP contribution in [0.25, 0.3) is 0 Å². The van der Waals surface area contributed by atoms with Crippen molar-refractivity contribution in [3.8, 4) is 6.07 Å². The molecule has 0 fully saturated rings. The van der Waals surface area contributed by atoms with Gasteiger partial charge in [0.15, 0.2) is 8.30 Å². The average Bonchev–Trinajstić information content (AvgIpc) is 2.98. The molecular weight excluding hydrogens is 291 g/mol. The van der Waals surface area contributed by atoms with Gasteiger partial charge in [-0.2, -0.15) is 5.26 Å². The Kier molecular flexibility index (Phi) is 3.85. The Labute approximate surface area is 124 Å². The lowest BCUT2D eigenvalue weighted by Crippen LogP contribution is -2.22. The molecule has 0 aromatic rings. The summed E-state index contributed by atoms with van der Waals surface area (Å²) in [6.45, 7) is 5.39. The van der Waals surface area contributed by atoms with E-state index in [-0.39, 0.29) is 0 Å². The molecule has 0 aromatic carbocycles. The lowest BCUT2D eigenvalue weighted by Gasteiger charge is -2.29. The van der Waals surface area contributed by atoms with Crippen LogP contribution < -0.4 is 0 Å². The number of hydrogen-bond donors (Lipinski definition) is 0. The third-order valence-corrected chi connectivity index (χ3v) is 7.60. The summed E-state index contributed by atoms with van der Waals surface area (Å²) in [6, 6.07) is 2.40. The van der Waals surface area contributed by atoms with Gasteiger partial charge in [0.25, 0.3) is 0 Å². The molecule has 0 radical (unpaired) electrons. The van der Waals surface area contributed by atoms with Crippen LogP contribution in [-0.4, -0.2) is 22.5 Å². The molecule has 106 valence electrons. The van der Waals surface area contributed by atoms with Gasteiger partial charge in [0.1, 0.15) is 0 Å². The van der Waals surface area contributed by atoms with Gasteiger partial charge in [-0.25, -0.2) is 4.78 Å². The first-order valence-corrected chi connectivity index (χ1v) is 8.96. The van der Waals surface area contributed by atoms with Crippen LogP contribution in [0.1, 0.15) is 33.1 Å². The normalized spacial score (nSPS) is 31.8. The highest BCUT2D eigenvalue weighted by molar-refractivity contribution is 8.10. The van der Waals surface area contributed by atoms with Gasteiger partial charge in [0.2, 0.25) is 4.61 Å². The van der Waals surface area contributed by atoms with Crippen LogP contribution in [0, 0.1) is 11.3 Å². The highest BCUT2D eigenvalue weighted by Gasteiger charge is 2.58. The number of fused-ring (bicyclic) bond motifs is 1. The Morgan fingerprint density at radius 2 is 2.45 bits per heavy atom. The van der Waals surface area contributed by atoms with E-state index in [1.54, 1.807) is 11.8 Å². The van der Waals surface area contributed by atoms with Crippen molar-refractivity contribution in [2.24, 2.45) is 10.3 Å². The summed E-state index contributed by atoms with van der Waals surface area (Å²) in [5.41, 5.74) is 1.94. The summed E-state index contributed by atoms with van der Waals surface area (Å²) in [7, 11) is -1.03. The predicted octanol–water partition coefficient (Wildman–Crippen LogP) is 4.33. The van der Waals surface area contributed by atoms with Crippen LogP contribution in [0.2, 0.25) is 0 Å². The van der Waals surface area contributed by atoms with Crippen LogP contribution in [0.15, 0.2) is 32.5 Å². The van der Waals surface area contributed by atoms with Crippen molar-refractivity contribution in [1.82, 2.24) is 4.78 Å². The van der Waals surface area contributed by atoms with Gasteiger partial charge in [0.05, 0.1) is 18.2 Å². The van der Waals surface area contributed by atoms with Crippen molar-refractivity contribution in [2.75, 3.05) is 13.2 Å². The topological polar surface area (TPSA) is 61.0 Å². The number of rotatable bonds is 3. The molecule has 0 saturated carbocycles. The van der Waals surface area contributed by atoms with Crippen molar-refractivity contribution in [3.05, 3.63) is 22.1 Å². The third kappa shape index (κ3) is 1.92. The Bertz CT molecular complexity index is 553. The molecule has 0 saturated heterocycles. The number of allylic oxidation sites excluding steroid dienone is 2. The molecule has 0 N–H and O–H groups in total. The summed E-state index contributed by atoms with van der Waals surface area (Å²) >= 11 is 1.67. The fourth-order valence-electron chi connectivity index (χ4n) is 2.67. The van der Waals surface area contributed by atoms with Crippen molar-refractivity contribution in [3.63, 3.8) is 0 Å². The molecule has 2 aliphatic heterocycles. The first-order valence-electron chi connectivity index (χ1n) is 6.93. The molecule has 0 bridgehead atoms. The maximum absolute atomic E-state index is 9.66. The van der Waals surface area contributed by atoms with E-state index in [1.165, 1.54) is 10.5 Å². The van der Waals surface area contributed by atoms with Crippen LogP contribution in [-0.2, 0) is 4.52 Å². The van der Waals surface area contributed by atoms with Crippen molar-refractivity contribution in [1.29, 1.82) is 5.26 Å². The van der Waals surface area contributed by atoms with Crippen molar-refractivity contribution in [2.45, 2.75) is 37.7 Å². The van der Waals surface area contributed by atoms with E-state index < -0.39 is 12.9 Å². The fourth-order valence-corrected chi connectivity index (χ4v) is 6.63. The first-order chi connectivity index (χ1) is 9.76. The molecule has 3 rings (SSSR count). The molecule has 0 amide bonds. The SMILES string of the molecule is CCOP1N(CC)N=NC12SC1=CCCCC1=C2C#N. The molecule has 20 heavy (non-hydrogen) atoms. The molecule has 2 heterocycles. The highest BCUT2D eigenvalue weighted by Crippen LogP contribution is 2.72. The van der Waals surface area contributed by atoms with Gasteiger partial charge in [-0.1, -0.05) is 23.1 Å². The Morgan fingerprint density at radius 1 is 1.60 bits per heavy atom. The zero-order valence-electron chi connectivity index (χ0n) is 11.7. The summed E-state index contributed by atoms with van der Waals surface area (Å²) in [6.07, 6.45) is 5.41. The van der Waals surface area contributed by atoms with E-state index >= 15 is 0 Å². The van der Waals surface area contributed by atoms with Crippen LogP contribution in [0.4, 0.5) is 0 Å². The molecule has 2 unspecified atom stereocenters. The van der Waals surface area contributed by atoms with E-state index in [0.717, 1.165) is 31.4 Å². The zero-order valence-corrected chi connectivity index (χ0v) is 13.4. The Hall–Kier alpha value is -0.890. The minimum atomic E-state index is -1.03. The molecule has 3 aliphatic rings. The molecule has 1 aliphatic carbocycles. The van der Waals surface area contributed by atoms with E-state index in [0.29, 0.717) is 6.61 Å². The quantitative estimate of drug-likeness (QED) is 0.728. The third-order valence-electron chi connectivity index (χ3n) is 3.54. The average molecular weight is 308 g/mol. The van der Waals surface area contributed by atoms with Crippen molar-refractivity contribution >= 4 is 20.1 Å². The van der Waals surface area contributed by atoms with Gasteiger partial charge in [0, 0.05) is 11.4 Å². The smallest absolute Gasteiger partial charge is 0.232 e. The van der Waals surface area contributed by atoms with E-state index in [4.69, 9.17) is 4.52 Å². The molecule has 2 atom stereocenters. The number of nitriles is 1. The number of nitrogens with zero attached hydrogens (tertiary/aromatic N) is 4. The maximum atomic E-state index is 9.66. The number of thioether (sulfide) groups is 1. The highest BCUT2D eigenvalue weighted by atomic mass is 32.2. The summed E-state index contributed by atoms with van der Waals surface area (Å²) in [5.74, 6) is 0. The zero-order chi connectivity index (χ0) is 14.2. The minimum Gasteiger partial charge on any atom is -0.336 e. The standard InChI is InChI=1S/C13H17N4OPS/c1-3-17-16-15-13(19(17)18-4-2)11(9-14)10-7-5-6-8-12(10)20-13/h8H,3-7H2,1-2H3. The monoisotopic (exact) mass is 308 g/mol. The predicted molar refractivity (Wildman–Crippen MR) is 80.7 cm³/mol. The summed E-state index contributed by atoms with van der Waals surface area (Å²) in [4.78, 5) is 1.22. The Morgan fingerprint density at radius 3 is 3.15 bits per heavy atom. The second kappa shape index (κ2) is 5.48. The maximum Gasteiger partial charge on any atom is 0.232 e. The van der Waals surface area contributed by atoms with E-state index in [1.807, 2.05) is 18.6 Å². The van der Waals surface area contributed by atoms with Gasteiger partial charge in [-0.3, -0.25) is 0 Å². The van der Waals surface area contributed by atoms with E-state index in [2.05, 4.69) is 22.5 Å². The Balaban J connectivity index is 2.06. The van der Waals surface area contributed by atoms with Gasteiger partial charge in [-0.15, -0.1) is 5.11 Å². The van der Waals surface area contributed by atoms with Gasteiger partial charge >= 0.3 is 0 Å². The molecule has 7 heteroatoms. The number of hydrogen-bond acceptors (Lipinski definition) is 6. The minimum absolute atomic E-state index is 0.614. The largest absolute Gasteiger partial charge is 0.336 e. The van der Waals surface area contributed by atoms with Crippen LogP contribution in [0.3, 0.4) is 0 Å². The summed E-state index contributed by atoms with van der Waals surface area (Å²) < 4.78 is 7.23. The fraction of sp³-hybridized carbons (Fsp3) is 0.615. The van der Waals surface area contributed by atoms with Crippen molar-refractivity contribution < 1.29 is 4.52 Å². The van der Waals surface area contributed by atoms with Crippen LogP contribution in [0.5, 0.6) is 0 Å².